The molecule has 0 aromatic heterocycles. The number of amides is 1. The Morgan fingerprint density at radius 2 is 2.07 bits per heavy atom. The summed E-state index contributed by atoms with van der Waals surface area (Å²) in [5.41, 5.74) is 5.86. The van der Waals surface area contributed by atoms with Crippen LogP contribution in [0, 0.1) is 3.57 Å². The van der Waals surface area contributed by atoms with Crippen LogP contribution in [0.4, 0.5) is 5.69 Å². The van der Waals surface area contributed by atoms with Crippen LogP contribution in [0.25, 0.3) is 0 Å². The predicted octanol–water partition coefficient (Wildman–Crippen LogP) is 4.55. The van der Waals surface area contributed by atoms with Gasteiger partial charge in [-0.1, -0.05) is 19.1 Å². The number of nitrogens with zero attached hydrogens (tertiary/aromatic N) is 2. The molecule has 0 spiro atoms. The monoisotopic (exact) mass is 521 g/mol. The molecule has 1 aliphatic heterocycles. The van der Waals surface area contributed by atoms with Crippen molar-refractivity contribution in [3.63, 3.8) is 0 Å². The van der Waals surface area contributed by atoms with Crippen LogP contribution in [0.15, 0.2) is 41.5 Å². The normalized spacial score (nSPS) is 17.5. The van der Waals surface area contributed by atoms with E-state index in [1.54, 1.807) is 13.3 Å². The molecule has 2 aromatic carbocycles. The molecule has 160 valence electrons. The minimum absolute atomic E-state index is 0.0809. The van der Waals surface area contributed by atoms with E-state index in [2.05, 4.69) is 78.0 Å². The fraction of sp³-hybridized carbons (Fsp3) is 0.391. The quantitative estimate of drug-likeness (QED) is 0.344. The molecule has 3 rings (SSSR count). The minimum atomic E-state index is -0.322. The number of hydrogen-bond donors (Lipinski definition) is 1. The summed E-state index contributed by atoms with van der Waals surface area (Å²) in [5, 5.41) is 4.11. The highest BCUT2D eigenvalue weighted by atomic mass is 127. The average Bonchev–Trinajstić information content (AvgIpc) is 2.71. The Kier molecular flexibility index (Phi) is 6.90. The number of fused-ring (bicyclic) bond motifs is 1. The van der Waals surface area contributed by atoms with Gasteiger partial charge in [0, 0.05) is 29.9 Å². The molecule has 0 fully saturated rings. The maximum atomic E-state index is 12.1. The van der Waals surface area contributed by atoms with E-state index in [9.17, 15) is 4.79 Å². The first kappa shape index (κ1) is 22.4. The Morgan fingerprint density at radius 1 is 1.33 bits per heavy atom. The van der Waals surface area contributed by atoms with Crippen LogP contribution in [-0.4, -0.2) is 38.4 Å². The number of halogens is 1. The van der Waals surface area contributed by atoms with Crippen molar-refractivity contribution >= 4 is 40.4 Å². The SMILES string of the molecule is COc1cc2c(cc1/C=N/NC(=O)COc1ccccc1I)C(C)CC(C)(C)N2C. The summed E-state index contributed by atoms with van der Waals surface area (Å²) >= 11 is 2.17. The topological polar surface area (TPSA) is 63.2 Å². The molecule has 1 aliphatic rings. The van der Waals surface area contributed by atoms with Crippen molar-refractivity contribution in [3.05, 3.63) is 51.1 Å². The van der Waals surface area contributed by atoms with Gasteiger partial charge in [-0.05, 0) is 72.5 Å². The van der Waals surface area contributed by atoms with Crippen molar-refractivity contribution in [2.45, 2.75) is 38.6 Å². The summed E-state index contributed by atoms with van der Waals surface area (Å²) < 4.78 is 12.1. The summed E-state index contributed by atoms with van der Waals surface area (Å²) in [6, 6.07) is 11.7. The molecule has 1 heterocycles. The van der Waals surface area contributed by atoms with Crippen LogP contribution >= 0.6 is 22.6 Å². The Morgan fingerprint density at radius 3 is 2.77 bits per heavy atom. The summed E-state index contributed by atoms with van der Waals surface area (Å²) in [4.78, 5) is 14.4. The summed E-state index contributed by atoms with van der Waals surface area (Å²) in [6.07, 6.45) is 2.68. The van der Waals surface area contributed by atoms with Crippen LogP contribution < -0.4 is 19.8 Å². The highest BCUT2D eigenvalue weighted by Crippen LogP contribution is 2.44. The second-order valence-corrected chi connectivity index (χ2v) is 9.30. The zero-order valence-corrected chi connectivity index (χ0v) is 20.2. The largest absolute Gasteiger partial charge is 0.496 e. The van der Waals surface area contributed by atoms with E-state index in [-0.39, 0.29) is 18.1 Å². The molecule has 0 radical (unpaired) electrons. The number of ether oxygens (including phenoxy) is 2. The fourth-order valence-corrected chi connectivity index (χ4v) is 4.34. The third kappa shape index (κ3) is 4.88. The molecule has 0 aliphatic carbocycles. The number of benzene rings is 2. The number of methoxy groups -OCH3 is 1. The van der Waals surface area contributed by atoms with Gasteiger partial charge in [0.15, 0.2) is 6.61 Å². The highest BCUT2D eigenvalue weighted by molar-refractivity contribution is 14.1. The molecular weight excluding hydrogens is 493 g/mol. The van der Waals surface area contributed by atoms with Crippen LogP contribution in [0.2, 0.25) is 0 Å². The summed E-state index contributed by atoms with van der Waals surface area (Å²) in [6.45, 7) is 6.64. The third-order valence-electron chi connectivity index (χ3n) is 5.57. The van der Waals surface area contributed by atoms with E-state index in [4.69, 9.17) is 9.47 Å². The van der Waals surface area contributed by atoms with Crippen LogP contribution in [0.1, 0.15) is 44.2 Å². The van der Waals surface area contributed by atoms with E-state index in [1.807, 2.05) is 24.3 Å². The van der Waals surface area contributed by atoms with Crippen LogP contribution in [-0.2, 0) is 4.79 Å². The molecule has 6 nitrogen and oxygen atoms in total. The Bertz CT molecular complexity index is 959. The van der Waals surface area contributed by atoms with Crippen molar-refractivity contribution in [3.8, 4) is 11.5 Å². The van der Waals surface area contributed by atoms with E-state index < -0.39 is 0 Å². The van der Waals surface area contributed by atoms with Crippen molar-refractivity contribution in [1.82, 2.24) is 5.43 Å². The van der Waals surface area contributed by atoms with E-state index in [0.29, 0.717) is 11.7 Å². The molecule has 1 atom stereocenters. The zero-order chi connectivity index (χ0) is 21.9. The smallest absolute Gasteiger partial charge is 0.277 e. The number of nitrogens with one attached hydrogen (secondary N) is 1. The van der Waals surface area contributed by atoms with Gasteiger partial charge in [-0.3, -0.25) is 4.79 Å². The third-order valence-corrected chi connectivity index (χ3v) is 6.46. The highest BCUT2D eigenvalue weighted by Gasteiger charge is 2.34. The van der Waals surface area contributed by atoms with Gasteiger partial charge in [0.25, 0.3) is 5.91 Å². The molecular formula is C23H28IN3O3. The van der Waals surface area contributed by atoms with Gasteiger partial charge in [0.1, 0.15) is 11.5 Å². The number of carbonyl (C=O) groups excluding carboxylic acids is 1. The zero-order valence-electron chi connectivity index (χ0n) is 18.0. The van der Waals surface area contributed by atoms with Crippen molar-refractivity contribution in [1.29, 1.82) is 0 Å². The lowest BCUT2D eigenvalue weighted by molar-refractivity contribution is -0.123. The predicted molar refractivity (Wildman–Crippen MR) is 129 cm³/mol. The van der Waals surface area contributed by atoms with Gasteiger partial charge < -0.3 is 14.4 Å². The first-order valence-electron chi connectivity index (χ1n) is 9.88. The summed E-state index contributed by atoms with van der Waals surface area (Å²) in [5.74, 6) is 1.49. The molecule has 0 bridgehead atoms. The Hall–Kier alpha value is -2.29. The van der Waals surface area contributed by atoms with E-state index in [1.165, 1.54) is 11.3 Å². The maximum Gasteiger partial charge on any atom is 0.277 e. The number of carbonyl (C=O) groups is 1. The first-order valence-corrected chi connectivity index (χ1v) is 11.0. The van der Waals surface area contributed by atoms with Crippen molar-refractivity contribution in [2.24, 2.45) is 5.10 Å². The summed E-state index contributed by atoms with van der Waals surface area (Å²) in [7, 11) is 3.76. The Labute approximate surface area is 191 Å². The molecule has 0 saturated heterocycles. The molecule has 0 saturated carbocycles. The van der Waals surface area contributed by atoms with E-state index >= 15 is 0 Å². The van der Waals surface area contributed by atoms with Gasteiger partial charge in [-0.25, -0.2) is 5.43 Å². The molecule has 7 heteroatoms. The van der Waals surface area contributed by atoms with E-state index in [0.717, 1.165) is 21.3 Å². The van der Waals surface area contributed by atoms with Crippen LogP contribution in [0.3, 0.4) is 0 Å². The molecule has 1 amide bonds. The lowest BCUT2D eigenvalue weighted by Crippen LogP contribution is -2.45. The number of hydrazone groups is 1. The number of hydrogen-bond acceptors (Lipinski definition) is 5. The second-order valence-electron chi connectivity index (χ2n) is 8.14. The Balaban J connectivity index is 1.70. The maximum absolute atomic E-state index is 12.1. The fourth-order valence-electron chi connectivity index (χ4n) is 3.80. The average molecular weight is 521 g/mol. The van der Waals surface area contributed by atoms with Gasteiger partial charge in [0.2, 0.25) is 0 Å². The second kappa shape index (κ2) is 9.24. The molecule has 1 unspecified atom stereocenters. The number of para-hydroxylation sites is 1. The molecule has 1 N–H and O–H groups in total. The number of anilines is 1. The lowest BCUT2D eigenvalue weighted by Gasteiger charge is -2.45. The number of rotatable bonds is 6. The lowest BCUT2D eigenvalue weighted by atomic mass is 9.80. The van der Waals surface area contributed by atoms with Gasteiger partial charge in [-0.2, -0.15) is 5.10 Å². The minimum Gasteiger partial charge on any atom is -0.496 e. The molecule has 2 aromatic rings. The van der Waals surface area contributed by atoms with Crippen molar-refractivity contribution in [2.75, 3.05) is 25.7 Å². The van der Waals surface area contributed by atoms with Crippen LogP contribution in [0.5, 0.6) is 11.5 Å². The first-order chi connectivity index (χ1) is 14.2. The van der Waals surface area contributed by atoms with Gasteiger partial charge >= 0.3 is 0 Å². The van der Waals surface area contributed by atoms with Gasteiger partial charge in [-0.15, -0.1) is 0 Å². The molecule has 30 heavy (non-hydrogen) atoms. The van der Waals surface area contributed by atoms with Gasteiger partial charge in [0.05, 0.1) is 16.9 Å². The standard InChI is InChI=1S/C23H28IN3O3/c1-15-12-23(2,3)27(4)19-11-21(29-5)16(10-17(15)19)13-25-26-22(28)14-30-20-9-7-6-8-18(20)24/h6-11,13,15H,12,14H2,1-5H3,(H,26,28)/b25-13+. The van der Waals surface area contributed by atoms with Crippen molar-refractivity contribution < 1.29 is 14.3 Å².